The average molecular weight is 1520 g/mol. The van der Waals surface area contributed by atoms with Crippen molar-refractivity contribution in [2.75, 3.05) is 39.6 Å². The molecular formula is C87H144O17P2. The Morgan fingerprint density at radius 3 is 0.764 bits per heavy atom. The molecule has 0 aromatic carbocycles. The Labute approximate surface area is 642 Å². The molecule has 0 saturated heterocycles. The number of unbranched alkanes of at least 4 members (excludes halogenated alkanes) is 23. The van der Waals surface area contributed by atoms with Crippen molar-refractivity contribution >= 4 is 39.5 Å². The van der Waals surface area contributed by atoms with Gasteiger partial charge in [0.25, 0.3) is 0 Å². The lowest BCUT2D eigenvalue weighted by atomic mass is 10.1. The zero-order valence-electron chi connectivity index (χ0n) is 66.1. The van der Waals surface area contributed by atoms with Gasteiger partial charge in [0.1, 0.15) is 19.3 Å². The molecule has 0 fully saturated rings. The topological polar surface area (TPSA) is 237 Å². The number of hydrogen-bond acceptors (Lipinski definition) is 15. The van der Waals surface area contributed by atoms with E-state index in [2.05, 4.69) is 186 Å². The molecule has 0 aliphatic rings. The molecule has 19 heteroatoms. The smallest absolute Gasteiger partial charge is 0.462 e. The van der Waals surface area contributed by atoms with Gasteiger partial charge in [-0.05, 0) is 161 Å². The van der Waals surface area contributed by atoms with E-state index in [-0.39, 0.29) is 25.7 Å². The molecule has 0 rings (SSSR count). The largest absolute Gasteiger partial charge is 0.472 e. The normalized spacial score (nSPS) is 14.7. The Bertz CT molecular complexity index is 2630. The summed E-state index contributed by atoms with van der Waals surface area (Å²) >= 11 is 0. The zero-order chi connectivity index (χ0) is 77.4. The van der Waals surface area contributed by atoms with Gasteiger partial charge in [0, 0.05) is 25.7 Å². The maximum atomic E-state index is 13.1. The van der Waals surface area contributed by atoms with Gasteiger partial charge in [0.15, 0.2) is 12.2 Å². The molecule has 0 amide bonds. The molecule has 0 heterocycles. The van der Waals surface area contributed by atoms with Crippen LogP contribution < -0.4 is 0 Å². The molecule has 0 aromatic heterocycles. The second kappa shape index (κ2) is 77.8. The number of ether oxygens (including phenoxy) is 4. The van der Waals surface area contributed by atoms with Crippen molar-refractivity contribution in [2.45, 2.75) is 329 Å². The number of phosphoric acid groups is 2. The van der Waals surface area contributed by atoms with Crippen LogP contribution in [0.2, 0.25) is 0 Å². The van der Waals surface area contributed by atoms with Crippen LogP contribution in [0.15, 0.2) is 158 Å². The van der Waals surface area contributed by atoms with Gasteiger partial charge in [-0.25, -0.2) is 9.13 Å². The van der Waals surface area contributed by atoms with Crippen molar-refractivity contribution < 1.29 is 80.2 Å². The van der Waals surface area contributed by atoms with E-state index in [0.717, 1.165) is 231 Å². The Morgan fingerprint density at radius 2 is 0.491 bits per heavy atom. The number of phosphoric ester groups is 2. The van der Waals surface area contributed by atoms with E-state index in [9.17, 15) is 43.2 Å². The van der Waals surface area contributed by atoms with Crippen molar-refractivity contribution in [3.05, 3.63) is 158 Å². The van der Waals surface area contributed by atoms with Gasteiger partial charge in [-0.2, -0.15) is 0 Å². The molecule has 604 valence electrons. The molecular weight excluding hydrogens is 1380 g/mol. The fraction of sp³-hybridized carbons (Fsp3) is 0.655. The van der Waals surface area contributed by atoms with E-state index in [4.69, 9.17) is 37.0 Å². The highest BCUT2D eigenvalue weighted by Crippen LogP contribution is 2.45. The highest BCUT2D eigenvalue weighted by Gasteiger charge is 2.30. The molecule has 0 saturated carbocycles. The first kappa shape index (κ1) is 101. The maximum Gasteiger partial charge on any atom is 0.472 e. The monoisotopic (exact) mass is 1520 g/mol. The van der Waals surface area contributed by atoms with E-state index >= 15 is 0 Å². The summed E-state index contributed by atoms with van der Waals surface area (Å²) in [6.45, 7) is 4.41. The standard InChI is InChI=1S/C87H144O17P2/c1-5-9-13-17-21-25-29-33-36-39-40-43-45-49-52-56-60-64-68-72-85(90)98-78-83(104-87(92)74-70-66-62-58-54-50-46-42-38-35-31-27-23-19-15-11-7-3)80-102-106(95,96)100-76-81(88)75-99-105(93,94)101-79-82(103-86(91)73-69-65-61-57-53-47-32-28-24-20-16-12-8-4)77-97-84(89)71-67-63-59-55-51-48-44-41-37-34-30-26-22-18-14-10-6-2/h9-11,13-16,20-23,25-28,32-38,40,43,49,52,81-83,88H,5-8,12,17-19,24,29-31,39,41-42,44-48,50-51,53-80H2,1-4H3,(H,93,94)(H,95,96)/b13-9-,14-10-,15-11-,20-16-,25-21-,26-22-,27-23-,32-28-,36-33-,37-34-,38-35-,43-40-,52-49-. The van der Waals surface area contributed by atoms with Crippen LogP contribution in [0.25, 0.3) is 0 Å². The Balaban J connectivity index is 5.42. The lowest BCUT2D eigenvalue weighted by Crippen LogP contribution is -2.30. The number of aliphatic hydroxyl groups excluding tert-OH is 1. The lowest BCUT2D eigenvalue weighted by molar-refractivity contribution is -0.161. The fourth-order valence-corrected chi connectivity index (χ4v) is 12.0. The Morgan fingerprint density at radius 1 is 0.274 bits per heavy atom. The molecule has 0 aliphatic heterocycles. The summed E-state index contributed by atoms with van der Waals surface area (Å²) in [4.78, 5) is 73.1. The molecule has 0 aliphatic carbocycles. The van der Waals surface area contributed by atoms with E-state index in [1.807, 2.05) is 0 Å². The van der Waals surface area contributed by atoms with E-state index in [1.165, 1.54) is 0 Å². The SMILES string of the molecule is CC/C=C\C/C=C\C/C=C\C/C=C\C/C=C\CCCCCC(=O)OCC(COP(=O)(O)OCC(O)COP(=O)(O)OCC(COC(=O)CCCCCCCCC/C=C\C/C=C\C/C=C\CC)OC(=O)CCCCCCC/C=C\C/C=C\CCC)OC(=O)CCCCCCCCC/C=C\C/C=C\C/C=C\CC. The third-order valence-corrected chi connectivity index (χ3v) is 18.4. The van der Waals surface area contributed by atoms with Crippen LogP contribution in [0.1, 0.15) is 310 Å². The molecule has 17 nitrogen and oxygen atoms in total. The summed E-state index contributed by atoms with van der Waals surface area (Å²) < 4.78 is 68.6. The zero-order valence-corrected chi connectivity index (χ0v) is 67.8. The first-order chi connectivity index (χ1) is 51.7. The second-order valence-electron chi connectivity index (χ2n) is 26.6. The number of allylic oxidation sites excluding steroid dienone is 26. The van der Waals surface area contributed by atoms with Crippen LogP contribution in [0.4, 0.5) is 0 Å². The summed E-state index contributed by atoms with van der Waals surface area (Å²) in [6.07, 6.45) is 90.7. The summed E-state index contributed by atoms with van der Waals surface area (Å²) in [6, 6.07) is 0. The van der Waals surface area contributed by atoms with Gasteiger partial charge in [-0.1, -0.05) is 282 Å². The van der Waals surface area contributed by atoms with Crippen molar-refractivity contribution in [1.29, 1.82) is 0 Å². The molecule has 106 heavy (non-hydrogen) atoms. The van der Waals surface area contributed by atoms with E-state index < -0.39 is 97.5 Å². The average Bonchev–Trinajstić information content (AvgIpc) is 0.907. The fourth-order valence-electron chi connectivity index (χ4n) is 10.4. The minimum absolute atomic E-state index is 0.0707. The van der Waals surface area contributed by atoms with Gasteiger partial charge < -0.3 is 33.8 Å². The van der Waals surface area contributed by atoms with Crippen molar-refractivity contribution in [1.82, 2.24) is 0 Å². The van der Waals surface area contributed by atoms with Gasteiger partial charge in [0.2, 0.25) is 0 Å². The van der Waals surface area contributed by atoms with Gasteiger partial charge in [-0.3, -0.25) is 37.3 Å². The second-order valence-corrected chi connectivity index (χ2v) is 29.5. The first-order valence-corrected chi connectivity index (χ1v) is 43.7. The number of aliphatic hydroxyl groups is 1. The van der Waals surface area contributed by atoms with Crippen LogP contribution in [-0.2, 0) is 65.4 Å². The number of hydrogen-bond donors (Lipinski definition) is 3. The van der Waals surface area contributed by atoms with Crippen LogP contribution in [0.3, 0.4) is 0 Å². The molecule has 0 radical (unpaired) electrons. The predicted molar refractivity (Wildman–Crippen MR) is 436 cm³/mol. The molecule has 0 spiro atoms. The Kier molecular flexibility index (Phi) is 73.9. The van der Waals surface area contributed by atoms with Crippen molar-refractivity contribution in [3.8, 4) is 0 Å². The number of rotatable bonds is 75. The number of carbonyl (C=O) groups excluding carboxylic acids is 4. The van der Waals surface area contributed by atoms with E-state index in [0.29, 0.717) is 25.7 Å². The molecule has 5 unspecified atom stereocenters. The molecule has 5 atom stereocenters. The van der Waals surface area contributed by atoms with Crippen LogP contribution in [-0.4, -0.2) is 96.7 Å². The summed E-state index contributed by atoms with van der Waals surface area (Å²) in [5.74, 6) is -2.25. The van der Waals surface area contributed by atoms with Crippen molar-refractivity contribution in [3.63, 3.8) is 0 Å². The first-order valence-electron chi connectivity index (χ1n) is 40.7. The molecule has 0 aromatic rings. The summed E-state index contributed by atoms with van der Waals surface area (Å²) in [5, 5.41) is 10.7. The number of esters is 4. The third-order valence-electron chi connectivity index (χ3n) is 16.4. The highest BCUT2D eigenvalue weighted by molar-refractivity contribution is 7.47. The molecule has 3 N–H and O–H groups in total. The van der Waals surface area contributed by atoms with E-state index in [1.54, 1.807) is 0 Å². The summed E-state index contributed by atoms with van der Waals surface area (Å²) in [7, 11) is -9.99. The van der Waals surface area contributed by atoms with Crippen molar-refractivity contribution in [2.24, 2.45) is 0 Å². The van der Waals surface area contributed by atoms with Crippen LogP contribution in [0, 0.1) is 0 Å². The quantitative estimate of drug-likeness (QED) is 0.0169. The molecule has 0 bridgehead atoms. The summed E-state index contributed by atoms with van der Waals surface area (Å²) in [5.41, 5.74) is 0. The minimum atomic E-state index is -5.00. The maximum absolute atomic E-state index is 13.1. The highest BCUT2D eigenvalue weighted by atomic mass is 31.2. The van der Waals surface area contributed by atoms with Crippen LogP contribution in [0.5, 0.6) is 0 Å². The Hall–Kier alpha value is -5.32. The minimum Gasteiger partial charge on any atom is -0.462 e. The number of carbonyl (C=O) groups is 4. The predicted octanol–water partition coefficient (Wildman–Crippen LogP) is 24.0. The third kappa shape index (κ3) is 76.9. The lowest BCUT2D eigenvalue weighted by Gasteiger charge is -2.21. The van der Waals surface area contributed by atoms with Gasteiger partial charge in [-0.15, -0.1) is 0 Å². The van der Waals surface area contributed by atoms with Crippen LogP contribution >= 0.6 is 15.6 Å². The van der Waals surface area contributed by atoms with Gasteiger partial charge >= 0.3 is 39.5 Å². The van der Waals surface area contributed by atoms with Gasteiger partial charge in [0.05, 0.1) is 26.4 Å².